The summed E-state index contributed by atoms with van der Waals surface area (Å²) in [5.41, 5.74) is 3.72. The SMILES string of the molecule is COCc1ccccc1NCCc1ccccc1. The highest BCUT2D eigenvalue weighted by atomic mass is 16.5. The minimum Gasteiger partial charge on any atom is -0.384 e. The van der Waals surface area contributed by atoms with Gasteiger partial charge < -0.3 is 10.1 Å². The summed E-state index contributed by atoms with van der Waals surface area (Å²) < 4.78 is 5.19. The van der Waals surface area contributed by atoms with Gasteiger partial charge in [0.2, 0.25) is 0 Å². The topological polar surface area (TPSA) is 21.3 Å². The molecular weight excluding hydrogens is 222 g/mol. The first-order valence-electron chi connectivity index (χ1n) is 6.25. The summed E-state index contributed by atoms with van der Waals surface area (Å²) in [5.74, 6) is 0. The van der Waals surface area contributed by atoms with E-state index in [9.17, 15) is 0 Å². The molecule has 0 fully saturated rings. The summed E-state index contributed by atoms with van der Waals surface area (Å²) in [6.07, 6.45) is 1.03. The van der Waals surface area contributed by atoms with Crippen LogP contribution < -0.4 is 5.32 Å². The van der Waals surface area contributed by atoms with Crippen LogP contribution in [0.3, 0.4) is 0 Å². The second-order valence-electron chi connectivity index (χ2n) is 4.25. The van der Waals surface area contributed by atoms with Gasteiger partial charge in [0.15, 0.2) is 0 Å². The van der Waals surface area contributed by atoms with Crippen molar-refractivity contribution in [2.45, 2.75) is 13.0 Å². The maximum atomic E-state index is 5.19. The number of hydrogen-bond donors (Lipinski definition) is 1. The lowest BCUT2D eigenvalue weighted by Gasteiger charge is -2.11. The molecule has 18 heavy (non-hydrogen) atoms. The Labute approximate surface area is 109 Å². The van der Waals surface area contributed by atoms with Crippen LogP contribution in [0.1, 0.15) is 11.1 Å². The molecule has 0 bridgehead atoms. The van der Waals surface area contributed by atoms with Gasteiger partial charge in [-0.05, 0) is 18.1 Å². The van der Waals surface area contributed by atoms with E-state index < -0.39 is 0 Å². The number of anilines is 1. The van der Waals surface area contributed by atoms with Crippen LogP contribution in [0.2, 0.25) is 0 Å². The maximum absolute atomic E-state index is 5.19. The molecule has 0 aromatic heterocycles. The third-order valence-electron chi connectivity index (χ3n) is 2.89. The Kier molecular flexibility index (Phi) is 4.79. The predicted octanol–water partition coefficient (Wildman–Crippen LogP) is 3.49. The van der Waals surface area contributed by atoms with Crippen molar-refractivity contribution in [2.24, 2.45) is 0 Å². The second kappa shape index (κ2) is 6.82. The monoisotopic (exact) mass is 241 g/mol. The number of nitrogens with one attached hydrogen (secondary N) is 1. The fourth-order valence-corrected chi connectivity index (χ4v) is 1.96. The van der Waals surface area contributed by atoms with E-state index in [0.717, 1.165) is 18.7 Å². The van der Waals surface area contributed by atoms with E-state index in [2.05, 4.69) is 41.7 Å². The van der Waals surface area contributed by atoms with Gasteiger partial charge in [0.05, 0.1) is 6.61 Å². The van der Waals surface area contributed by atoms with E-state index in [0.29, 0.717) is 6.61 Å². The molecule has 2 heteroatoms. The Hall–Kier alpha value is -1.80. The van der Waals surface area contributed by atoms with Gasteiger partial charge in [-0.1, -0.05) is 48.5 Å². The molecule has 2 rings (SSSR count). The molecule has 0 heterocycles. The average molecular weight is 241 g/mol. The first-order valence-corrected chi connectivity index (χ1v) is 6.25. The Morgan fingerprint density at radius 1 is 0.944 bits per heavy atom. The van der Waals surface area contributed by atoms with Gasteiger partial charge in [-0.15, -0.1) is 0 Å². The maximum Gasteiger partial charge on any atom is 0.0733 e. The standard InChI is InChI=1S/C16H19NO/c1-18-13-15-9-5-6-10-16(15)17-12-11-14-7-3-2-4-8-14/h2-10,17H,11-13H2,1H3. The van der Waals surface area contributed by atoms with Gasteiger partial charge in [-0.3, -0.25) is 0 Å². The highest BCUT2D eigenvalue weighted by Gasteiger charge is 2.00. The third-order valence-corrected chi connectivity index (χ3v) is 2.89. The lowest BCUT2D eigenvalue weighted by Crippen LogP contribution is -2.07. The molecule has 0 saturated heterocycles. The van der Waals surface area contributed by atoms with Crippen molar-refractivity contribution in [3.63, 3.8) is 0 Å². The normalized spacial score (nSPS) is 10.3. The van der Waals surface area contributed by atoms with Crippen LogP contribution in [0, 0.1) is 0 Å². The van der Waals surface area contributed by atoms with Gasteiger partial charge >= 0.3 is 0 Å². The van der Waals surface area contributed by atoms with Crippen LogP contribution in [-0.4, -0.2) is 13.7 Å². The molecule has 0 aliphatic heterocycles. The van der Waals surface area contributed by atoms with E-state index in [1.54, 1.807) is 7.11 Å². The number of hydrogen-bond acceptors (Lipinski definition) is 2. The first-order chi connectivity index (χ1) is 8.90. The van der Waals surface area contributed by atoms with Crippen LogP contribution in [0.15, 0.2) is 54.6 Å². The third kappa shape index (κ3) is 3.60. The molecule has 94 valence electrons. The molecule has 2 aromatic rings. The zero-order valence-electron chi connectivity index (χ0n) is 10.7. The molecule has 0 saturated carbocycles. The minimum absolute atomic E-state index is 0.647. The molecule has 0 aliphatic carbocycles. The fourth-order valence-electron chi connectivity index (χ4n) is 1.96. The second-order valence-corrected chi connectivity index (χ2v) is 4.25. The Balaban J connectivity index is 1.90. The molecular formula is C16H19NO. The number of methoxy groups -OCH3 is 1. The van der Waals surface area contributed by atoms with Gasteiger partial charge in [0.25, 0.3) is 0 Å². The summed E-state index contributed by atoms with van der Waals surface area (Å²) in [7, 11) is 1.72. The Morgan fingerprint density at radius 3 is 2.44 bits per heavy atom. The zero-order valence-corrected chi connectivity index (χ0v) is 10.7. The van der Waals surface area contributed by atoms with Gasteiger partial charge in [0, 0.05) is 24.9 Å². The van der Waals surface area contributed by atoms with Crippen LogP contribution in [0.4, 0.5) is 5.69 Å². The fraction of sp³-hybridized carbons (Fsp3) is 0.250. The molecule has 0 aliphatic rings. The van der Waals surface area contributed by atoms with Crippen LogP contribution in [-0.2, 0) is 17.8 Å². The number of rotatable bonds is 6. The lowest BCUT2D eigenvalue weighted by molar-refractivity contribution is 0.185. The summed E-state index contributed by atoms with van der Waals surface area (Å²) in [4.78, 5) is 0. The molecule has 0 atom stereocenters. The van der Waals surface area contributed by atoms with Crippen LogP contribution >= 0.6 is 0 Å². The molecule has 2 aromatic carbocycles. The summed E-state index contributed by atoms with van der Waals surface area (Å²) in [6.45, 7) is 1.58. The highest BCUT2D eigenvalue weighted by molar-refractivity contribution is 5.50. The zero-order chi connectivity index (χ0) is 12.6. The van der Waals surface area contributed by atoms with Crippen molar-refractivity contribution in [1.29, 1.82) is 0 Å². The smallest absolute Gasteiger partial charge is 0.0733 e. The summed E-state index contributed by atoms with van der Waals surface area (Å²) in [6, 6.07) is 18.8. The van der Waals surface area contributed by atoms with E-state index in [1.807, 2.05) is 18.2 Å². The quantitative estimate of drug-likeness (QED) is 0.836. The predicted molar refractivity (Wildman–Crippen MR) is 75.8 cm³/mol. The van der Waals surface area contributed by atoms with Crippen LogP contribution in [0.5, 0.6) is 0 Å². The molecule has 0 amide bonds. The van der Waals surface area contributed by atoms with Gasteiger partial charge in [-0.25, -0.2) is 0 Å². The summed E-state index contributed by atoms with van der Waals surface area (Å²) in [5, 5.41) is 3.47. The number of para-hydroxylation sites is 1. The Bertz CT molecular complexity index is 468. The minimum atomic E-state index is 0.647. The summed E-state index contributed by atoms with van der Waals surface area (Å²) >= 11 is 0. The molecule has 0 spiro atoms. The van der Waals surface area contributed by atoms with Crippen LogP contribution in [0.25, 0.3) is 0 Å². The molecule has 2 nitrogen and oxygen atoms in total. The molecule has 0 radical (unpaired) electrons. The van der Waals surface area contributed by atoms with E-state index in [1.165, 1.54) is 11.1 Å². The van der Waals surface area contributed by atoms with Crippen molar-refractivity contribution < 1.29 is 4.74 Å². The van der Waals surface area contributed by atoms with E-state index >= 15 is 0 Å². The number of ether oxygens (including phenoxy) is 1. The van der Waals surface area contributed by atoms with Crippen molar-refractivity contribution >= 4 is 5.69 Å². The largest absolute Gasteiger partial charge is 0.384 e. The van der Waals surface area contributed by atoms with E-state index in [-0.39, 0.29) is 0 Å². The molecule has 1 N–H and O–H groups in total. The highest BCUT2D eigenvalue weighted by Crippen LogP contribution is 2.15. The first kappa shape index (κ1) is 12.7. The van der Waals surface area contributed by atoms with Crippen molar-refractivity contribution in [2.75, 3.05) is 19.0 Å². The lowest BCUT2D eigenvalue weighted by atomic mass is 10.1. The molecule has 0 unspecified atom stereocenters. The van der Waals surface area contributed by atoms with E-state index in [4.69, 9.17) is 4.74 Å². The average Bonchev–Trinajstić information content (AvgIpc) is 2.42. The van der Waals surface area contributed by atoms with Gasteiger partial charge in [0.1, 0.15) is 0 Å². The van der Waals surface area contributed by atoms with Crippen molar-refractivity contribution in [1.82, 2.24) is 0 Å². The van der Waals surface area contributed by atoms with Crippen molar-refractivity contribution in [3.05, 3.63) is 65.7 Å². The number of benzene rings is 2. The Morgan fingerprint density at radius 2 is 1.67 bits per heavy atom. The van der Waals surface area contributed by atoms with Gasteiger partial charge in [-0.2, -0.15) is 0 Å². The van der Waals surface area contributed by atoms with Crippen molar-refractivity contribution in [3.8, 4) is 0 Å².